The van der Waals surface area contributed by atoms with Crippen molar-refractivity contribution in [2.45, 2.75) is 0 Å². The zero-order valence-electron chi connectivity index (χ0n) is 11.1. The van der Waals surface area contributed by atoms with Crippen molar-refractivity contribution in [3.63, 3.8) is 0 Å². The van der Waals surface area contributed by atoms with Crippen molar-refractivity contribution in [3.8, 4) is 0 Å². The van der Waals surface area contributed by atoms with E-state index in [2.05, 4.69) is 0 Å². The first-order chi connectivity index (χ1) is 10.3. The molecule has 1 rings (SSSR count). The van der Waals surface area contributed by atoms with Crippen LogP contribution in [0.2, 0.25) is 0 Å². The minimum absolute atomic E-state index is 0.0735. The summed E-state index contributed by atoms with van der Waals surface area (Å²) >= 11 is 11.2. The summed E-state index contributed by atoms with van der Waals surface area (Å²) in [6.45, 7) is 0.209. The van der Waals surface area contributed by atoms with Gasteiger partial charge in [-0.1, -0.05) is 0 Å². The lowest BCUT2D eigenvalue weighted by Crippen LogP contribution is -2.30. The number of aromatic carboxylic acids is 1. The highest BCUT2D eigenvalue weighted by atomic mass is 35.5. The third-order valence-electron chi connectivity index (χ3n) is 2.74. The lowest BCUT2D eigenvalue weighted by atomic mass is 10.1. The van der Waals surface area contributed by atoms with Crippen LogP contribution in [0.1, 0.15) is 10.4 Å². The van der Waals surface area contributed by atoms with Crippen LogP contribution in [0.25, 0.3) is 0 Å². The number of rotatable bonds is 8. The molecule has 1 aromatic rings. The highest BCUT2D eigenvalue weighted by Gasteiger charge is 2.30. The SMILES string of the molecule is O=C(O)c1cc([N+](=O)[O-])cc([N+](=O)[O-])c1N(CCCl)CCCl. The maximum absolute atomic E-state index is 11.3. The van der Waals surface area contributed by atoms with Gasteiger partial charge in [0.25, 0.3) is 11.4 Å². The number of nitro groups is 2. The molecule has 9 nitrogen and oxygen atoms in total. The van der Waals surface area contributed by atoms with Gasteiger partial charge in [-0.2, -0.15) is 0 Å². The molecule has 120 valence electrons. The molecule has 0 radical (unpaired) electrons. The number of alkyl halides is 2. The topological polar surface area (TPSA) is 127 Å². The number of nitro benzene ring substituents is 2. The van der Waals surface area contributed by atoms with Crippen molar-refractivity contribution in [1.29, 1.82) is 0 Å². The van der Waals surface area contributed by atoms with E-state index in [1.807, 2.05) is 0 Å². The van der Waals surface area contributed by atoms with Crippen LogP contribution in [0.3, 0.4) is 0 Å². The molecule has 0 fully saturated rings. The van der Waals surface area contributed by atoms with Gasteiger partial charge in [0.2, 0.25) is 0 Å². The Bertz CT molecular complexity index is 568. The molecule has 0 saturated carbocycles. The molecule has 0 unspecified atom stereocenters. The van der Waals surface area contributed by atoms with Crippen molar-refractivity contribution in [1.82, 2.24) is 0 Å². The molecule has 0 spiro atoms. The molecule has 0 saturated heterocycles. The zero-order valence-corrected chi connectivity index (χ0v) is 12.6. The lowest BCUT2D eigenvalue weighted by molar-refractivity contribution is -0.393. The molecule has 1 aromatic carbocycles. The molecule has 1 N–H and O–H groups in total. The van der Waals surface area contributed by atoms with Crippen molar-refractivity contribution >= 4 is 46.2 Å². The van der Waals surface area contributed by atoms with Crippen molar-refractivity contribution in [2.75, 3.05) is 29.7 Å². The average molecular weight is 352 g/mol. The fourth-order valence-corrected chi connectivity index (χ4v) is 2.29. The van der Waals surface area contributed by atoms with Gasteiger partial charge in [-0.25, -0.2) is 4.79 Å². The summed E-state index contributed by atoms with van der Waals surface area (Å²) in [5.41, 5.74) is -2.15. The third kappa shape index (κ3) is 3.95. The quantitative estimate of drug-likeness (QED) is 0.432. The molecule has 0 aromatic heterocycles. The fraction of sp³-hybridized carbons (Fsp3) is 0.364. The van der Waals surface area contributed by atoms with Gasteiger partial charge in [-0.05, 0) is 0 Å². The summed E-state index contributed by atoms with van der Waals surface area (Å²) in [6.07, 6.45) is 0. The van der Waals surface area contributed by atoms with Gasteiger partial charge in [0.1, 0.15) is 5.69 Å². The Balaban J connectivity index is 3.66. The van der Waals surface area contributed by atoms with E-state index < -0.39 is 32.8 Å². The summed E-state index contributed by atoms with van der Waals surface area (Å²) in [4.78, 5) is 32.9. The predicted octanol–water partition coefficient (Wildman–Crippen LogP) is 2.49. The molecule has 0 aliphatic heterocycles. The number of anilines is 1. The first-order valence-electron chi connectivity index (χ1n) is 5.90. The van der Waals surface area contributed by atoms with Crippen LogP contribution in [0.5, 0.6) is 0 Å². The minimum Gasteiger partial charge on any atom is -0.478 e. The number of carbonyl (C=O) groups is 1. The number of carboxylic acids is 1. The number of nitrogens with zero attached hydrogens (tertiary/aromatic N) is 3. The highest BCUT2D eigenvalue weighted by molar-refractivity contribution is 6.18. The molecule has 0 aliphatic rings. The molecule has 0 atom stereocenters. The van der Waals surface area contributed by atoms with Gasteiger partial charge < -0.3 is 10.0 Å². The molecule has 0 bridgehead atoms. The number of hydrogen-bond acceptors (Lipinski definition) is 6. The zero-order chi connectivity index (χ0) is 16.9. The maximum atomic E-state index is 11.3. The van der Waals surface area contributed by atoms with Crippen LogP contribution in [0.4, 0.5) is 17.1 Å². The maximum Gasteiger partial charge on any atom is 0.338 e. The second kappa shape index (κ2) is 7.76. The second-order valence-electron chi connectivity index (χ2n) is 4.05. The van der Waals surface area contributed by atoms with Crippen LogP contribution in [-0.2, 0) is 0 Å². The summed E-state index contributed by atoms with van der Waals surface area (Å²) in [5.74, 6) is -1.37. The Morgan fingerprint density at radius 1 is 1.14 bits per heavy atom. The Morgan fingerprint density at radius 3 is 2.05 bits per heavy atom. The predicted molar refractivity (Wildman–Crippen MR) is 80.4 cm³/mol. The van der Waals surface area contributed by atoms with Gasteiger partial charge in [0.15, 0.2) is 0 Å². The monoisotopic (exact) mass is 351 g/mol. The number of halogens is 2. The van der Waals surface area contributed by atoms with Crippen LogP contribution in [0, 0.1) is 20.2 Å². The Hall–Kier alpha value is -2.13. The van der Waals surface area contributed by atoms with E-state index in [1.165, 1.54) is 4.90 Å². The van der Waals surface area contributed by atoms with E-state index in [0.29, 0.717) is 0 Å². The van der Waals surface area contributed by atoms with Gasteiger partial charge in [-0.15, -0.1) is 23.2 Å². The van der Waals surface area contributed by atoms with Gasteiger partial charge in [-0.3, -0.25) is 20.2 Å². The summed E-state index contributed by atoms with van der Waals surface area (Å²) in [6, 6.07) is 1.50. The Morgan fingerprint density at radius 2 is 1.68 bits per heavy atom. The van der Waals surface area contributed by atoms with E-state index in [1.54, 1.807) is 0 Å². The second-order valence-corrected chi connectivity index (χ2v) is 4.80. The smallest absolute Gasteiger partial charge is 0.338 e. The van der Waals surface area contributed by atoms with Crippen molar-refractivity contribution in [3.05, 3.63) is 37.9 Å². The lowest BCUT2D eigenvalue weighted by Gasteiger charge is -2.24. The normalized spacial score (nSPS) is 10.3. The molecule has 0 amide bonds. The van der Waals surface area contributed by atoms with Crippen LogP contribution >= 0.6 is 23.2 Å². The minimum atomic E-state index is -1.52. The van der Waals surface area contributed by atoms with Crippen molar-refractivity contribution < 1.29 is 19.7 Å². The van der Waals surface area contributed by atoms with Gasteiger partial charge >= 0.3 is 5.97 Å². The standard InChI is InChI=1S/C11H11Cl2N3O6/c12-1-3-14(4-2-13)10-8(11(17)18)5-7(15(19)20)6-9(10)16(21)22/h5-6H,1-4H2,(H,17,18). The van der Waals surface area contributed by atoms with E-state index >= 15 is 0 Å². The number of non-ortho nitro benzene ring substituents is 1. The number of hydrogen-bond donors (Lipinski definition) is 1. The first-order valence-corrected chi connectivity index (χ1v) is 6.97. The van der Waals surface area contributed by atoms with Gasteiger partial charge in [0, 0.05) is 30.9 Å². The van der Waals surface area contributed by atoms with E-state index in [9.17, 15) is 30.1 Å². The van der Waals surface area contributed by atoms with Gasteiger partial charge in [0.05, 0.1) is 21.5 Å². The van der Waals surface area contributed by atoms with Crippen LogP contribution < -0.4 is 4.90 Å². The first kappa shape index (κ1) is 17.9. The summed E-state index contributed by atoms with van der Waals surface area (Å²) in [5, 5.41) is 31.2. The molecule has 0 heterocycles. The molecular weight excluding hydrogens is 341 g/mol. The highest BCUT2D eigenvalue weighted by Crippen LogP contribution is 2.36. The summed E-state index contributed by atoms with van der Waals surface area (Å²) in [7, 11) is 0. The number of carboxylic acid groups (broad SMARTS) is 1. The van der Waals surface area contributed by atoms with Crippen LogP contribution in [-0.4, -0.2) is 45.8 Å². The largest absolute Gasteiger partial charge is 0.478 e. The molecular formula is C11H11Cl2N3O6. The van der Waals surface area contributed by atoms with Crippen LogP contribution in [0.15, 0.2) is 12.1 Å². The number of benzene rings is 1. The van der Waals surface area contributed by atoms with E-state index in [4.69, 9.17) is 23.2 Å². The van der Waals surface area contributed by atoms with E-state index in [-0.39, 0.29) is 30.5 Å². The molecule has 11 heteroatoms. The van der Waals surface area contributed by atoms with E-state index in [0.717, 1.165) is 12.1 Å². The Kier molecular flexibility index (Phi) is 6.32. The Labute approximate surface area is 134 Å². The third-order valence-corrected chi connectivity index (χ3v) is 3.08. The van der Waals surface area contributed by atoms with Crippen molar-refractivity contribution in [2.24, 2.45) is 0 Å². The average Bonchev–Trinajstić information content (AvgIpc) is 2.45. The molecule has 0 aliphatic carbocycles. The fourth-order valence-electron chi connectivity index (χ4n) is 1.88. The molecule has 22 heavy (non-hydrogen) atoms. The summed E-state index contributed by atoms with van der Waals surface area (Å²) < 4.78 is 0.